The van der Waals surface area contributed by atoms with E-state index in [0.717, 1.165) is 18.7 Å². The van der Waals surface area contributed by atoms with Gasteiger partial charge in [-0.3, -0.25) is 4.90 Å². The van der Waals surface area contributed by atoms with Crippen LogP contribution in [0.4, 0.5) is 0 Å². The second-order valence-corrected chi connectivity index (χ2v) is 5.32. The van der Waals surface area contributed by atoms with E-state index >= 15 is 0 Å². The van der Waals surface area contributed by atoms with Crippen molar-refractivity contribution < 1.29 is 9.63 Å². The van der Waals surface area contributed by atoms with Crippen molar-refractivity contribution in [3.05, 3.63) is 11.7 Å². The average Bonchev–Trinajstić information content (AvgIpc) is 2.64. The number of nitrogens with zero attached hydrogens (tertiary/aromatic N) is 3. The smallest absolute Gasteiger partial charge is 0.240 e. The van der Waals surface area contributed by atoms with Gasteiger partial charge in [-0.15, -0.1) is 0 Å². The average molecular weight is 239 g/mol. The first-order valence-electron chi connectivity index (χ1n) is 6.29. The Kier molecular flexibility index (Phi) is 3.49. The van der Waals surface area contributed by atoms with Gasteiger partial charge >= 0.3 is 0 Å². The zero-order valence-electron chi connectivity index (χ0n) is 10.8. The Morgan fingerprint density at radius 3 is 2.71 bits per heavy atom. The summed E-state index contributed by atoms with van der Waals surface area (Å²) in [7, 11) is 0. The lowest BCUT2D eigenvalue weighted by Gasteiger charge is -2.46. The Hall–Kier alpha value is -0.940. The predicted octanol–water partition coefficient (Wildman–Crippen LogP) is 1.54. The zero-order chi connectivity index (χ0) is 12.5. The zero-order valence-corrected chi connectivity index (χ0v) is 10.8. The first-order valence-corrected chi connectivity index (χ1v) is 6.29. The molecule has 1 aromatic rings. The van der Waals surface area contributed by atoms with Crippen LogP contribution < -0.4 is 0 Å². The van der Waals surface area contributed by atoms with Gasteiger partial charge in [-0.05, 0) is 6.42 Å². The summed E-state index contributed by atoms with van der Waals surface area (Å²) >= 11 is 0. The van der Waals surface area contributed by atoms with Gasteiger partial charge in [-0.2, -0.15) is 4.98 Å². The van der Waals surface area contributed by atoms with Gasteiger partial charge in [0.2, 0.25) is 5.89 Å². The highest BCUT2D eigenvalue weighted by molar-refractivity contribution is 4.98. The minimum absolute atomic E-state index is 0.293. The summed E-state index contributed by atoms with van der Waals surface area (Å²) in [6.45, 7) is 8.23. The molecule has 0 unspecified atom stereocenters. The first kappa shape index (κ1) is 12.5. The molecule has 2 heterocycles. The number of β-amino-alcohol motifs (C(OH)–C–C–N with tert-alkyl or cyclic N) is 1. The third-order valence-electron chi connectivity index (χ3n) is 3.11. The summed E-state index contributed by atoms with van der Waals surface area (Å²) < 4.78 is 5.18. The molecule has 0 spiro atoms. The number of hydrogen-bond acceptors (Lipinski definition) is 5. The van der Waals surface area contributed by atoms with Crippen molar-refractivity contribution in [2.75, 3.05) is 13.1 Å². The molecule has 1 aliphatic heterocycles. The molecule has 1 saturated heterocycles. The summed E-state index contributed by atoms with van der Waals surface area (Å²) in [6, 6.07) is 0. The molecule has 0 radical (unpaired) electrons. The predicted molar refractivity (Wildman–Crippen MR) is 63.5 cm³/mol. The fourth-order valence-corrected chi connectivity index (χ4v) is 2.28. The Bertz CT molecular complexity index is 370. The van der Waals surface area contributed by atoms with Gasteiger partial charge in [0.1, 0.15) is 0 Å². The Morgan fingerprint density at radius 2 is 2.18 bits per heavy atom. The molecular formula is C12H21N3O2. The molecule has 0 saturated carbocycles. The van der Waals surface area contributed by atoms with Crippen LogP contribution in [0.25, 0.3) is 0 Å². The highest BCUT2D eigenvalue weighted by Crippen LogP contribution is 2.27. The van der Waals surface area contributed by atoms with Crippen molar-refractivity contribution in [2.24, 2.45) is 0 Å². The van der Waals surface area contributed by atoms with Gasteiger partial charge in [-0.25, -0.2) is 0 Å². The van der Waals surface area contributed by atoms with Crippen LogP contribution in [0.5, 0.6) is 0 Å². The Labute approximate surface area is 102 Å². The van der Waals surface area contributed by atoms with E-state index in [0.29, 0.717) is 31.4 Å². The minimum atomic E-state index is -0.490. The minimum Gasteiger partial charge on any atom is -0.387 e. The van der Waals surface area contributed by atoms with E-state index in [9.17, 15) is 5.11 Å². The molecule has 0 amide bonds. The van der Waals surface area contributed by atoms with Crippen LogP contribution in [0, 0.1) is 0 Å². The van der Waals surface area contributed by atoms with Crippen LogP contribution in [0.1, 0.15) is 51.2 Å². The number of aromatic nitrogens is 2. The molecule has 5 nitrogen and oxygen atoms in total. The molecule has 96 valence electrons. The quantitative estimate of drug-likeness (QED) is 0.844. The molecule has 0 aromatic carbocycles. The number of aliphatic hydroxyl groups is 1. The van der Waals surface area contributed by atoms with Gasteiger partial charge in [0.25, 0.3) is 0 Å². The van der Waals surface area contributed by atoms with E-state index in [4.69, 9.17) is 4.52 Å². The molecule has 0 bridgehead atoms. The summed E-state index contributed by atoms with van der Waals surface area (Å²) in [5, 5.41) is 14.0. The molecule has 5 heteroatoms. The van der Waals surface area contributed by atoms with Crippen molar-refractivity contribution in [3.63, 3.8) is 0 Å². The second kappa shape index (κ2) is 4.74. The molecule has 0 atom stereocenters. The lowest BCUT2D eigenvalue weighted by Crippen LogP contribution is -2.60. The van der Waals surface area contributed by atoms with Gasteiger partial charge in [0, 0.05) is 19.0 Å². The lowest BCUT2D eigenvalue weighted by atomic mass is 9.89. The van der Waals surface area contributed by atoms with Crippen molar-refractivity contribution in [2.45, 2.75) is 51.7 Å². The van der Waals surface area contributed by atoms with Crippen molar-refractivity contribution in [1.29, 1.82) is 0 Å². The highest BCUT2D eigenvalue weighted by Gasteiger charge is 2.40. The summed E-state index contributed by atoms with van der Waals surface area (Å²) in [4.78, 5) is 6.46. The van der Waals surface area contributed by atoms with Gasteiger partial charge < -0.3 is 9.63 Å². The monoisotopic (exact) mass is 239 g/mol. The normalized spacial score (nSPS) is 19.6. The second-order valence-electron chi connectivity index (χ2n) is 5.32. The topological polar surface area (TPSA) is 62.4 Å². The van der Waals surface area contributed by atoms with E-state index in [2.05, 4.69) is 22.0 Å². The SMILES string of the molecule is CCCC1(O)CN(Cc2nc(C(C)C)no2)C1. The van der Waals surface area contributed by atoms with Gasteiger partial charge in [-0.1, -0.05) is 32.3 Å². The molecule has 17 heavy (non-hydrogen) atoms. The third kappa shape index (κ3) is 2.84. The molecular weight excluding hydrogens is 218 g/mol. The summed E-state index contributed by atoms with van der Waals surface area (Å²) in [5.74, 6) is 1.69. The summed E-state index contributed by atoms with van der Waals surface area (Å²) in [6.07, 6.45) is 1.88. The number of hydrogen-bond donors (Lipinski definition) is 1. The van der Waals surface area contributed by atoms with Crippen molar-refractivity contribution >= 4 is 0 Å². The largest absolute Gasteiger partial charge is 0.387 e. The number of likely N-dealkylation sites (tertiary alicyclic amines) is 1. The maximum Gasteiger partial charge on any atom is 0.240 e. The maximum atomic E-state index is 10.0. The van der Waals surface area contributed by atoms with E-state index < -0.39 is 5.60 Å². The Morgan fingerprint density at radius 1 is 1.47 bits per heavy atom. The van der Waals surface area contributed by atoms with E-state index in [1.165, 1.54) is 0 Å². The van der Waals surface area contributed by atoms with E-state index in [1.54, 1.807) is 0 Å². The van der Waals surface area contributed by atoms with E-state index in [-0.39, 0.29) is 0 Å². The third-order valence-corrected chi connectivity index (χ3v) is 3.11. The van der Waals surface area contributed by atoms with Crippen LogP contribution in [0.15, 0.2) is 4.52 Å². The molecule has 1 aromatic heterocycles. The van der Waals surface area contributed by atoms with Crippen LogP contribution in [0.3, 0.4) is 0 Å². The van der Waals surface area contributed by atoms with Crippen LogP contribution in [0.2, 0.25) is 0 Å². The molecule has 1 N–H and O–H groups in total. The number of rotatable bonds is 5. The molecule has 1 fully saturated rings. The van der Waals surface area contributed by atoms with Crippen molar-refractivity contribution in [3.8, 4) is 0 Å². The Balaban J connectivity index is 1.83. The maximum absolute atomic E-state index is 10.0. The van der Waals surface area contributed by atoms with Crippen LogP contribution >= 0.6 is 0 Å². The fraction of sp³-hybridized carbons (Fsp3) is 0.833. The fourth-order valence-electron chi connectivity index (χ4n) is 2.28. The van der Waals surface area contributed by atoms with Crippen LogP contribution in [-0.2, 0) is 6.54 Å². The molecule has 0 aliphatic carbocycles. The van der Waals surface area contributed by atoms with Crippen LogP contribution in [-0.4, -0.2) is 38.8 Å². The standard InChI is InChI=1S/C12H21N3O2/c1-4-5-12(16)7-15(8-12)6-10-13-11(9(2)3)14-17-10/h9,16H,4-8H2,1-3H3. The lowest BCUT2D eigenvalue weighted by molar-refractivity contribution is -0.109. The highest BCUT2D eigenvalue weighted by atomic mass is 16.5. The van der Waals surface area contributed by atoms with Crippen molar-refractivity contribution in [1.82, 2.24) is 15.0 Å². The molecule has 1 aliphatic rings. The first-order chi connectivity index (χ1) is 8.02. The molecule has 2 rings (SSSR count). The van der Waals surface area contributed by atoms with Gasteiger partial charge in [0.15, 0.2) is 5.82 Å². The van der Waals surface area contributed by atoms with Gasteiger partial charge in [0.05, 0.1) is 12.1 Å². The van der Waals surface area contributed by atoms with E-state index in [1.807, 2.05) is 13.8 Å². The summed E-state index contributed by atoms with van der Waals surface area (Å²) in [5.41, 5.74) is -0.490.